The van der Waals surface area contributed by atoms with Gasteiger partial charge in [-0.25, -0.2) is 0 Å². The van der Waals surface area contributed by atoms with E-state index in [-0.39, 0.29) is 12.2 Å². The second-order valence-corrected chi connectivity index (χ2v) is 4.97. The Morgan fingerprint density at radius 1 is 1.30 bits per heavy atom. The average molecular weight is 312 g/mol. The molecule has 120 valence electrons. The summed E-state index contributed by atoms with van der Waals surface area (Å²) in [6, 6.07) is 14.0. The van der Waals surface area contributed by atoms with Crippen LogP contribution in [0.25, 0.3) is 0 Å². The molecule has 0 radical (unpaired) electrons. The van der Waals surface area contributed by atoms with Gasteiger partial charge in [-0.2, -0.15) is 5.10 Å². The number of aliphatic hydroxyl groups is 1. The molecule has 2 aromatic carbocycles. The van der Waals surface area contributed by atoms with Gasteiger partial charge >= 0.3 is 0 Å². The molecule has 0 heterocycles. The Labute approximate surface area is 134 Å². The lowest BCUT2D eigenvalue weighted by molar-refractivity contribution is -0.255. The predicted octanol–water partition coefficient (Wildman–Crippen LogP) is 0.925. The van der Waals surface area contributed by atoms with Crippen LogP contribution in [0.2, 0.25) is 0 Å². The maximum absolute atomic E-state index is 10.8. The van der Waals surface area contributed by atoms with Crippen molar-refractivity contribution in [2.45, 2.75) is 0 Å². The van der Waals surface area contributed by atoms with E-state index in [9.17, 15) is 9.90 Å². The van der Waals surface area contributed by atoms with Gasteiger partial charge in [0.15, 0.2) is 0 Å². The Morgan fingerprint density at radius 2 is 2.04 bits per heavy atom. The van der Waals surface area contributed by atoms with Crippen LogP contribution in [0.4, 0.5) is 11.4 Å². The van der Waals surface area contributed by atoms with E-state index in [1.807, 2.05) is 36.2 Å². The van der Waals surface area contributed by atoms with Crippen LogP contribution in [-0.2, 0) is 0 Å². The first-order chi connectivity index (χ1) is 11.1. The van der Waals surface area contributed by atoms with E-state index in [2.05, 4.69) is 10.5 Å². The highest BCUT2D eigenvalue weighted by Crippen LogP contribution is 2.13. The summed E-state index contributed by atoms with van der Waals surface area (Å²) in [7, 11) is 1.91. The van der Waals surface area contributed by atoms with Crippen molar-refractivity contribution in [2.75, 3.05) is 30.5 Å². The fourth-order valence-electron chi connectivity index (χ4n) is 1.99. The van der Waals surface area contributed by atoms with Crippen LogP contribution in [0.15, 0.2) is 53.6 Å². The fourth-order valence-corrected chi connectivity index (χ4v) is 1.99. The van der Waals surface area contributed by atoms with Crippen molar-refractivity contribution in [2.24, 2.45) is 5.10 Å². The third-order valence-corrected chi connectivity index (χ3v) is 3.27. The number of carboxylic acid groups (broad SMARTS) is 1. The third-order valence-electron chi connectivity index (χ3n) is 3.27. The van der Waals surface area contributed by atoms with E-state index in [0.29, 0.717) is 12.2 Å². The highest BCUT2D eigenvalue weighted by molar-refractivity contribution is 5.87. The van der Waals surface area contributed by atoms with Gasteiger partial charge in [0.25, 0.3) is 0 Å². The van der Waals surface area contributed by atoms with Crippen LogP contribution in [0, 0.1) is 0 Å². The SMILES string of the molecule is CN(CCO)c1ccc(/C=N\Nc2cccc(C(=O)[O-])c2)cc1. The van der Waals surface area contributed by atoms with Gasteiger partial charge in [0.1, 0.15) is 0 Å². The van der Waals surface area contributed by atoms with Gasteiger partial charge < -0.3 is 19.9 Å². The topological polar surface area (TPSA) is 88.0 Å². The number of hydrogen-bond donors (Lipinski definition) is 2. The van der Waals surface area contributed by atoms with Crippen molar-refractivity contribution < 1.29 is 15.0 Å². The lowest BCUT2D eigenvalue weighted by Gasteiger charge is -2.17. The number of carbonyl (C=O) groups excluding carboxylic acids is 1. The van der Waals surface area contributed by atoms with Gasteiger partial charge in [-0.15, -0.1) is 0 Å². The van der Waals surface area contributed by atoms with Gasteiger partial charge in [0.2, 0.25) is 0 Å². The van der Waals surface area contributed by atoms with Gasteiger partial charge in [0.05, 0.1) is 24.5 Å². The molecule has 0 saturated carbocycles. The Hall–Kier alpha value is -2.86. The lowest BCUT2D eigenvalue weighted by Crippen LogP contribution is -2.22. The first-order valence-electron chi connectivity index (χ1n) is 7.12. The standard InChI is InChI=1S/C17H19N3O3/c1-20(9-10-21)16-7-5-13(6-8-16)12-18-19-15-4-2-3-14(11-15)17(22)23/h2-8,11-12,19,21H,9-10H2,1H3,(H,22,23)/p-1/b18-12-. The van der Waals surface area contributed by atoms with Crippen molar-refractivity contribution in [1.29, 1.82) is 0 Å². The monoisotopic (exact) mass is 312 g/mol. The summed E-state index contributed by atoms with van der Waals surface area (Å²) in [5, 5.41) is 23.8. The zero-order valence-electron chi connectivity index (χ0n) is 12.8. The van der Waals surface area contributed by atoms with Crippen LogP contribution >= 0.6 is 0 Å². The van der Waals surface area contributed by atoms with Crippen LogP contribution in [-0.4, -0.2) is 37.5 Å². The number of nitrogens with one attached hydrogen (secondary N) is 1. The molecular formula is C17H18N3O3-. The molecule has 0 aromatic heterocycles. The molecule has 23 heavy (non-hydrogen) atoms. The number of anilines is 2. The average Bonchev–Trinajstić information content (AvgIpc) is 2.56. The van der Waals surface area contributed by atoms with Gasteiger partial charge in [0, 0.05) is 19.3 Å². The molecular weight excluding hydrogens is 294 g/mol. The maximum Gasteiger partial charge on any atom is 0.0716 e. The molecule has 0 saturated heterocycles. The van der Waals surface area contributed by atoms with Crippen molar-refractivity contribution >= 4 is 23.6 Å². The molecule has 0 spiro atoms. The Kier molecular flexibility index (Phi) is 5.71. The van der Waals surface area contributed by atoms with E-state index in [1.165, 1.54) is 12.1 Å². The lowest BCUT2D eigenvalue weighted by atomic mass is 10.2. The number of hydrogen-bond acceptors (Lipinski definition) is 6. The number of carbonyl (C=O) groups is 1. The molecule has 2 rings (SSSR count). The number of carboxylic acids is 1. The molecule has 6 nitrogen and oxygen atoms in total. The maximum atomic E-state index is 10.8. The van der Waals surface area contributed by atoms with E-state index < -0.39 is 5.97 Å². The van der Waals surface area contributed by atoms with Crippen molar-refractivity contribution in [3.63, 3.8) is 0 Å². The highest BCUT2D eigenvalue weighted by Gasteiger charge is 1.99. The number of hydrazone groups is 1. The second-order valence-electron chi connectivity index (χ2n) is 4.97. The molecule has 6 heteroatoms. The summed E-state index contributed by atoms with van der Waals surface area (Å²) in [5.74, 6) is -1.22. The zero-order chi connectivity index (χ0) is 16.7. The van der Waals surface area contributed by atoms with Crippen LogP contribution in [0.5, 0.6) is 0 Å². The summed E-state index contributed by atoms with van der Waals surface area (Å²) in [5.41, 5.74) is 5.35. The number of nitrogens with zero attached hydrogens (tertiary/aromatic N) is 2. The first kappa shape index (κ1) is 16.5. The third kappa shape index (κ3) is 4.82. The number of likely N-dealkylation sites (N-methyl/N-ethyl adjacent to an activating group) is 1. The zero-order valence-corrected chi connectivity index (χ0v) is 12.8. The molecule has 0 bridgehead atoms. The van der Waals surface area contributed by atoms with E-state index in [0.717, 1.165) is 11.3 Å². The molecule has 0 atom stereocenters. The molecule has 2 aromatic rings. The van der Waals surface area contributed by atoms with Crippen LogP contribution < -0.4 is 15.4 Å². The Morgan fingerprint density at radius 3 is 2.70 bits per heavy atom. The van der Waals surface area contributed by atoms with Crippen molar-refractivity contribution in [1.82, 2.24) is 0 Å². The number of rotatable bonds is 7. The number of aliphatic hydroxyl groups excluding tert-OH is 1. The molecule has 2 N–H and O–H groups in total. The smallest absolute Gasteiger partial charge is 0.0716 e. The summed E-state index contributed by atoms with van der Waals surface area (Å²) in [6.07, 6.45) is 1.64. The summed E-state index contributed by atoms with van der Waals surface area (Å²) in [6.45, 7) is 0.679. The first-order valence-corrected chi connectivity index (χ1v) is 7.12. The van der Waals surface area contributed by atoms with Gasteiger partial charge in [-0.1, -0.05) is 24.3 Å². The molecule has 0 fully saturated rings. The second kappa shape index (κ2) is 7.95. The van der Waals surface area contributed by atoms with Crippen molar-refractivity contribution in [3.8, 4) is 0 Å². The highest BCUT2D eigenvalue weighted by atomic mass is 16.4. The number of benzene rings is 2. The molecule has 0 aliphatic heterocycles. The molecule has 0 aliphatic carbocycles. The normalized spacial score (nSPS) is 10.7. The van der Waals surface area contributed by atoms with Gasteiger partial charge in [-0.3, -0.25) is 5.43 Å². The summed E-state index contributed by atoms with van der Waals surface area (Å²) >= 11 is 0. The van der Waals surface area contributed by atoms with E-state index in [1.54, 1.807) is 18.3 Å². The predicted molar refractivity (Wildman–Crippen MR) is 88.8 cm³/mol. The summed E-state index contributed by atoms with van der Waals surface area (Å²) < 4.78 is 0. The number of aromatic carboxylic acids is 1. The van der Waals surface area contributed by atoms with Crippen molar-refractivity contribution in [3.05, 3.63) is 59.7 Å². The largest absolute Gasteiger partial charge is 0.545 e. The Bertz CT molecular complexity index is 684. The van der Waals surface area contributed by atoms with Crippen LogP contribution in [0.1, 0.15) is 15.9 Å². The summed E-state index contributed by atoms with van der Waals surface area (Å²) in [4.78, 5) is 12.7. The minimum Gasteiger partial charge on any atom is -0.545 e. The Balaban J connectivity index is 1.98. The molecule has 0 amide bonds. The molecule has 0 aliphatic rings. The minimum atomic E-state index is -1.22. The van der Waals surface area contributed by atoms with Crippen LogP contribution in [0.3, 0.4) is 0 Å². The fraction of sp³-hybridized carbons (Fsp3) is 0.176. The minimum absolute atomic E-state index is 0.0986. The van der Waals surface area contributed by atoms with E-state index in [4.69, 9.17) is 5.11 Å². The quantitative estimate of drug-likeness (QED) is 0.586. The molecule has 0 unspecified atom stereocenters. The van der Waals surface area contributed by atoms with E-state index >= 15 is 0 Å². The van der Waals surface area contributed by atoms with Gasteiger partial charge in [-0.05, 0) is 35.4 Å².